The Hall–Kier alpha value is -4.20. The van der Waals surface area contributed by atoms with Gasteiger partial charge in [0.1, 0.15) is 5.84 Å². The summed E-state index contributed by atoms with van der Waals surface area (Å²) in [5, 5.41) is 0. The molecule has 2 atom stereocenters. The highest BCUT2D eigenvalue weighted by atomic mass is 16.5. The van der Waals surface area contributed by atoms with Gasteiger partial charge in [-0.25, -0.2) is 14.6 Å². The molecule has 3 aliphatic rings. The first kappa shape index (κ1) is 23.5. The number of amidine groups is 1. The van der Waals surface area contributed by atoms with Crippen molar-refractivity contribution in [2.75, 3.05) is 25.7 Å². The summed E-state index contributed by atoms with van der Waals surface area (Å²) in [4.78, 5) is 48.1. The molecule has 1 fully saturated rings. The van der Waals surface area contributed by atoms with Gasteiger partial charge >= 0.3 is 11.9 Å². The van der Waals surface area contributed by atoms with Crippen molar-refractivity contribution < 1.29 is 23.9 Å². The molecule has 2 aromatic rings. The van der Waals surface area contributed by atoms with E-state index in [-0.39, 0.29) is 23.6 Å². The second-order valence-electron chi connectivity index (χ2n) is 8.98. The number of likely N-dealkylation sites (tertiary alicyclic amines) is 1. The van der Waals surface area contributed by atoms with Crippen molar-refractivity contribution in [1.29, 1.82) is 0 Å². The van der Waals surface area contributed by atoms with Crippen LogP contribution in [0.2, 0.25) is 0 Å². The lowest BCUT2D eigenvalue weighted by Crippen LogP contribution is -2.62. The van der Waals surface area contributed by atoms with Crippen LogP contribution in [-0.2, 0) is 35.8 Å². The summed E-state index contributed by atoms with van der Waals surface area (Å²) >= 11 is 0. The summed E-state index contributed by atoms with van der Waals surface area (Å²) in [6, 6.07) is 16.9. The molecule has 2 unspecified atom stereocenters. The molecule has 2 aromatic carbocycles. The lowest BCUT2D eigenvalue weighted by Gasteiger charge is -2.48. The van der Waals surface area contributed by atoms with Gasteiger partial charge in [0.25, 0.3) is 0 Å². The molecule has 0 saturated carbocycles. The van der Waals surface area contributed by atoms with Crippen molar-refractivity contribution in [3.05, 3.63) is 89.6 Å². The highest BCUT2D eigenvalue weighted by molar-refractivity contribution is 6.15. The van der Waals surface area contributed by atoms with E-state index in [9.17, 15) is 14.4 Å². The fraction of sp³-hybridized carbons (Fsp3) is 0.286. The van der Waals surface area contributed by atoms with E-state index >= 15 is 0 Å². The molecule has 1 amide bonds. The second-order valence-corrected chi connectivity index (χ2v) is 8.98. The summed E-state index contributed by atoms with van der Waals surface area (Å²) in [5.74, 6) is -1.06. The average molecular weight is 486 g/mol. The number of fused-ring (bicyclic) bond motifs is 1. The first-order valence-electron chi connectivity index (χ1n) is 11.8. The zero-order chi connectivity index (χ0) is 25.4. The third-order valence-corrected chi connectivity index (χ3v) is 7.20. The summed E-state index contributed by atoms with van der Waals surface area (Å²) in [6.07, 6.45) is 2.45. The Morgan fingerprint density at radius 2 is 1.78 bits per heavy atom. The van der Waals surface area contributed by atoms with Gasteiger partial charge in [-0.3, -0.25) is 9.69 Å². The second kappa shape index (κ2) is 9.11. The number of piperidine rings is 1. The minimum Gasteiger partial charge on any atom is -0.466 e. The number of nitrogens with zero attached hydrogens (tertiary/aromatic N) is 3. The number of hydrogen-bond donors (Lipinski definition) is 0. The van der Waals surface area contributed by atoms with Crippen molar-refractivity contribution >= 4 is 29.4 Å². The monoisotopic (exact) mass is 485 g/mol. The predicted molar refractivity (Wildman–Crippen MR) is 134 cm³/mol. The maximum atomic E-state index is 13.4. The minimum absolute atomic E-state index is 0.0904. The normalized spacial score (nSPS) is 22.3. The number of carbonyl (C=O) groups is 3. The molecule has 8 nitrogen and oxygen atoms in total. The van der Waals surface area contributed by atoms with Gasteiger partial charge in [-0.05, 0) is 23.6 Å². The van der Waals surface area contributed by atoms with Crippen molar-refractivity contribution in [2.45, 2.75) is 30.8 Å². The van der Waals surface area contributed by atoms with Gasteiger partial charge in [0.15, 0.2) is 5.70 Å². The summed E-state index contributed by atoms with van der Waals surface area (Å²) < 4.78 is 10.2. The standard InChI is InChI=1S/C28H27N3O5/c1-4-16-30-20-13-9-8-12-19(20)28-15-14-21(32)31(17-18-10-6-5-7-11-18)27(28)29-23(26(34)36-3)22(24(28)30)25(33)35-2/h4-13,24H,1,14-17H2,2-3H3. The van der Waals surface area contributed by atoms with Gasteiger partial charge in [-0.2, -0.15) is 0 Å². The molecule has 0 N–H and O–H groups in total. The Labute approximate surface area is 209 Å². The number of ether oxygens (including phenoxy) is 2. The van der Waals surface area contributed by atoms with E-state index in [1.165, 1.54) is 14.2 Å². The van der Waals surface area contributed by atoms with Crippen LogP contribution in [0.4, 0.5) is 5.69 Å². The lowest BCUT2D eigenvalue weighted by atomic mass is 9.65. The molecule has 0 bridgehead atoms. The minimum atomic E-state index is -0.844. The molecule has 36 heavy (non-hydrogen) atoms. The number of aliphatic imine (C=N–C) groups is 1. The summed E-state index contributed by atoms with van der Waals surface area (Å²) in [7, 11) is 2.52. The van der Waals surface area contributed by atoms with E-state index in [4.69, 9.17) is 14.5 Å². The molecule has 0 aliphatic carbocycles. The van der Waals surface area contributed by atoms with Crippen LogP contribution in [0.15, 0.2) is 83.5 Å². The van der Waals surface area contributed by atoms with E-state index in [1.807, 2.05) is 59.5 Å². The molecule has 1 saturated heterocycles. The van der Waals surface area contributed by atoms with Crippen LogP contribution in [0.25, 0.3) is 0 Å². The topological polar surface area (TPSA) is 88.5 Å². The molecule has 3 heterocycles. The van der Waals surface area contributed by atoms with Crippen molar-refractivity contribution in [3.8, 4) is 0 Å². The number of benzene rings is 2. The highest BCUT2D eigenvalue weighted by Gasteiger charge is 2.63. The van der Waals surface area contributed by atoms with Gasteiger partial charge < -0.3 is 14.4 Å². The van der Waals surface area contributed by atoms with E-state index < -0.39 is 23.4 Å². The predicted octanol–water partition coefficient (Wildman–Crippen LogP) is 3.13. The summed E-state index contributed by atoms with van der Waals surface area (Å²) in [5.41, 5.74) is 1.92. The Bertz CT molecular complexity index is 1320. The largest absolute Gasteiger partial charge is 0.466 e. The molecular formula is C28H27N3O5. The Morgan fingerprint density at radius 1 is 1.08 bits per heavy atom. The third kappa shape index (κ3) is 3.36. The van der Waals surface area contributed by atoms with Crippen LogP contribution in [0.1, 0.15) is 24.0 Å². The number of hydrogen-bond acceptors (Lipinski definition) is 7. The van der Waals surface area contributed by atoms with E-state index in [0.717, 1.165) is 16.8 Å². The molecule has 0 radical (unpaired) electrons. The van der Waals surface area contributed by atoms with Crippen LogP contribution in [-0.4, -0.2) is 55.4 Å². The molecule has 184 valence electrons. The summed E-state index contributed by atoms with van der Waals surface area (Å²) in [6.45, 7) is 4.62. The number of carbonyl (C=O) groups excluding carboxylic acids is 3. The van der Waals surface area contributed by atoms with Crippen molar-refractivity contribution in [2.24, 2.45) is 4.99 Å². The van der Waals surface area contributed by atoms with Gasteiger partial charge in [-0.1, -0.05) is 54.6 Å². The Morgan fingerprint density at radius 3 is 2.47 bits per heavy atom. The zero-order valence-corrected chi connectivity index (χ0v) is 20.3. The molecule has 3 aliphatic heterocycles. The Kier molecular flexibility index (Phi) is 5.96. The van der Waals surface area contributed by atoms with E-state index in [0.29, 0.717) is 25.3 Å². The van der Waals surface area contributed by atoms with Crippen molar-refractivity contribution in [3.63, 3.8) is 0 Å². The first-order chi connectivity index (χ1) is 17.5. The number of para-hydroxylation sites is 1. The average Bonchev–Trinajstić information content (AvgIpc) is 3.19. The van der Waals surface area contributed by atoms with Crippen molar-refractivity contribution in [1.82, 2.24) is 4.90 Å². The van der Waals surface area contributed by atoms with E-state index in [1.54, 1.807) is 11.0 Å². The molecule has 5 rings (SSSR count). The smallest absolute Gasteiger partial charge is 0.357 e. The van der Waals surface area contributed by atoms with Crippen LogP contribution in [0, 0.1) is 0 Å². The number of rotatable bonds is 6. The number of esters is 2. The van der Waals surface area contributed by atoms with Gasteiger partial charge in [0, 0.05) is 18.7 Å². The molecule has 8 heteroatoms. The fourth-order valence-electron chi connectivity index (χ4n) is 5.78. The maximum absolute atomic E-state index is 13.4. The van der Waals surface area contributed by atoms with Gasteiger partial charge in [0.05, 0.1) is 37.8 Å². The maximum Gasteiger partial charge on any atom is 0.357 e. The van der Waals surface area contributed by atoms with Gasteiger partial charge in [0.2, 0.25) is 5.91 Å². The SMILES string of the molecule is C=CCN1c2ccccc2C23CCC(=O)N(Cc4ccccc4)C2=NC(C(=O)OC)=C(C(=O)OC)C13. The zero-order valence-electron chi connectivity index (χ0n) is 20.3. The first-order valence-corrected chi connectivity index (χ1v) is 11.8. The highest BCUT2D eigenvalue weighted by Crippen LogP contribution is 2.56. The van der Waals surface area contributed by atoms with Crippen LogP contribution >= 0.6 is 0 Å². The molecule has 0 aromatic heterocycles. The number of anilines is 1. The lowest BCUT2D eigenvalue weighted by molar-refractivity contribution is -0.140. The van der Waals surface area contributed by atoms with Crippen LogP contribution < -0.4 is 4.90 Å². The van der Waals surface area contributed by atoms with Gasteiger partial charge in [-0.15, -0.1) is 6.58 Å². The van der Waals surface area contributed by atoms with Crippen LogP contribution in [0.5, 0.6) is 0 Å². The number of amides is 1. The third-order valence-electron chi connectivity index (χ3n) is 7.20. The quantitative estimate of drug-likeness (QED) is 0.462. The van der Waals surface area contributed by atoms with E-state index in [2.05, 4.69) is 6.58 Å². The molecular weight excluding hydrogens is 458 g/mol. The molecule has 1 spiro atoms. The Balaban J connectivity index is 1.82. The number of methoxy groups -OCH3 is 2. The fourth-order valence-corrected chi connectivity index (χ4v) is 5.78. The van der Waals surface area contributed by atoms with Crippen LogP contribution in [0.3, 0.4) is 0 Å².